The Labute approximate surface area is 166 Å². The Hall–Kier alpha value is -2.32. The number of carbonyl (C=O) groups is 1. The van der Waals surface area contributed by atoms with Gasteiger partial charge in [-0.15, -0.1) is 0 Å². The van der Waals surface area contributed by atoms with Gasteiger partial charge in [-0.25, -0.2) is 4.68 Å². The average Bonchev–Trinajstić information content (AvgIpc) is 3.21. The molecular formula is C18H16BCl2N3O3. The summed E-state index contributed by atoms with van der Waals surface area (Å²) in [6.45, 7) is 5.85. The maximum atomic E-state index is 12.6. The molecule has 1 aromatic carbocycles. The molecule has 27 heavy (non-hydrogen) atoms. The molecule has 0 atom stereocenters. The third-order valence-electron chi connectivity index (χ3n) is 3.98. The highest BCUT2D eigenvalue weighted by Crippen LogP contribution is 2.23. The minimum atomic E-state index is -1.05. The SMILES string of the molecule is C=C1COB(O)C1=CC(=CC)NC(=O)c1ccc(-n2cc(Cl)cn2)cc1Cl. The van der Waals surface area contributed by atoms with E-state index in [1.165, 1.54) is 6.20 Å². The number of aromatic nitrogens is 2. The van der Waals surface area contributed by atoms with Crippen molar-refractivity contribution in [1.82, 2.24) is 15.1 Å². The predicted octanol–water partition coefficient (Wildman–Crippen LogP) is 3.35. The van der Waals surface area contributed by atoms with Gasteiger partial charge in [-0.1, -0.05) is 35.9 Å². The summed E-state index contributed by atoms with van der Waals surface area (Å²) in [7, 11) is -1.05. The summed E-state index contributed by atoms with van der Waals surface area (Å²) in [5, 5.41) is 17.4. The summed E-state index contributed by atoms with van der Waals surface area (Å²) in [6, 6.07) is 4.95. The smallest absolute Gasteiger partial charge is 0.423 e. The van der Waals surface area contributed by atoms with E-state index >= 15 is 0 Å². The second-order valence-corrected chi connectivity index (χ2v) is 6.68. The summed E-state index contributed by atoms with van der Waals surface area (Å²) in [6.07, 6.45) is 6.49. The Morgan fingerprint density at radius 3 is 2.81 bits per heavy atom. The van der Waals surface area contributed by atoms with Gasteiger partial charge >= 0.3 is 7.12 Å². The maximum Gasteiger partial charge on any atom is 0.491 e. The zero-order chi connectivity index (χ0) is 19.6. The molecule has 1 amide bonds. The van der Waals surface area contributed by atoms with Gasteiger partial charge in [0.1, 0.15) is 0 Å². The van der Waals surface area contributed by atoms with Crippen molar-refractivity contribution >= 4 is 36.2 Å². The molecule has 138 valence electrons. The number of halogens is 2. The Bertz CT molecular complexity index is 969. The molecule has 0 spiro atoms. The molecule has 0 unspecified atom stereocenters. The second kappa shape index (κ2) is 8.14. The molecule has 0 bridgehead atoms. The monoisotopic (exact) mass is 403 g/mol. The molecule has 2 heterocycles. The lowest BCUT2D eigenvalue weighted by Crippen LogP contribution is -2.23. The minimum Gasteiger partial charge on any atom is -0.423 e. The van der Waals surface area contributed by atoms with Crippen molar-refractivity contribution in [3.8, 4) is 5.69 Å². The molecule has 0 saturated carbocycles. The standard InChI is InChI=1S/C18H16BCl2N3O3/c1-3-13(6-16-11(2)10-27-19(16)26)23-18(25)15-5-4-14(7-17(15)21)24-9-12(20)8-22-24/h3-9,26H,2,10H2,1H3,(H,23,25). The van der Waals surface area contributed by atoms with E-state index in [0.29, 0.717) is 33.0 Å². The van der Waals surface area contributed by atoms with Gasteiger partial charge in [-0.05, 0) is 42.2 Å². The zero-order valence-electron chi connectivity index (χ0n) is 14.4. The van der Waals surface area contributed by atoms with Crippen molar-refractivity contribution in [3.05, 3.63) is 81.7 Å². The van der Waals surface area contributed by atoms with E-state index in [0.717, 1.165) is 0 Å². The van der Waals surface area contributed by atoms with E-state index in [1.54, 1.807) is 48.2 Å². The third kappa shape index (κ3) is 4.34. The van der Waals surface area contributed by atoms with Gasteiger partial charge in [0, 0.05) is 11.9 Å². The number of rotatable bonds is 4. The average molecular weight is 404 g/mol. The van der Waals surface area contributed by atoms with E-state index in [-0.39, 0.29) is 17.5 Å². The maximum absolute atomic E-state index is 12.6. The molecule has 1 saturated heterocycles. The predicted molar refractivity (Wildman–Crippen MR) is 106 cm³/mol. The molecule has 2 aromatic rings. The molecular weight excluding hydrogens is 388 g/mol. The van der Waals surface area contributed by atoms with Gasteiger partial charge in [0.25, 0.3) is 5.91 Å². The Kier molecular flexibility index (Phi) is 5.87. The number of amides is 1. The highest BCUT2D eigenvalue weighted by atomic mass is 35.5. The topological polar surface area (TPSA) is 76.4 Å². The third-order valence-corrected chi connectivity index (χ3v) is 4.49. The van der Waals surface area contributed by atoms with Crippen LogP contribution in [0.3, 0.4) is 0 Å². The van der Waals surface area contributed by atoms with Crippen LogP contribution in [0.1, 0.15) is 17.3 Å². The number of allylic oxidation sites excluding steroid dienone is 2. The van der Waals surface area contributed by atoms with Crippen LogP contribution in [-0.2, 0) is 4.65 Å². The first-order valence-electron chi connectivity index (χ1n) is 8.06. The molecule has 0 aliphatic carbocycles. The number of hydrogen-bond acceptors (Lipinski definition) is 4. The molecule has 0 radical (unpaired) electrons. The summed E-state index contributed by atoms with van der Waals surface area (Å²) < 4.78 is 6.66. The van der Waals surface area contributed by atoms with Crippen molar-refractivity contribution in [1.29, 1.82) is 0 Å². The second-order valence-electron chi connectivity index (χ2n) is 5.83. The molecule has 1 fully saturated rings. The van der Waals surface area contributed by atoms with Crippen molar-refractivity contribution in [2.24, 2.45) is 0 Å². The van der Waals surface area contributed by atoms with Gasteiger partial charge in [0.15, 0.2) is 0 Å². The van der Waals surface area contributed by atoms with Crippen LogP contribution in [0.2, 0.25) is 10.0 Å². The Balaban J connectivity index is 1.79. The van der Waals surface area contributed by atoms with Crippen LogP contribution in [0.5, 0.6) is 0 Å². The Morgan fingerprint density at radius 1 is 1.48 bits per heavy atom. The van der Waals surface area contributed by atoms with E-state index in [1.807, 2.05) is 0 Å². The molecule has 2 N–H and O–H groups in total. The zero-order valence-corrected chi connectivity index (χ0v) is 16.0. The number of nitrogens with one attached hydrogen (secondary N) is 1. The number of nitrogens with zero attached hydrogens (tertiary/aromatic N) is 2. The van der Waals surface area contributed by atoms with Gasteiger partial charge in [0.2, 0.25) is 0 Å². The highest BCUT2D eigenvalue weighted by molar-refractivity contribution is 6.55. The Morgan fingerprint density at radius 2 is 2.26 bits per heavy atom. The minimum absolute atomic E-state index is 0.253. The molecule has 1 aliphatic rings. The summed E-state index contributed by atoms with van der Waals surface area (Å²) in [4.78, 5) is 12.6. The van der Waals surface area contributed by atoms with Crippen molar-refractivity contribution in [3.63, 3.8) is 0 Å². The van der Waals surface area contributed by atoms with E-state index < -0.39 is 7.12 Å². The normalized spacial score (nSPS) is 16.3. The van der Waals surface area contributed by atoms with E-state index in [2.05, 4.69) is 17.0 Å². The van der Waals surface area contributed by atoms with Gasteiger partial charge < -0.3 is 15.0 Å². The molecule has 1 aromatic heterocycles. The summed E-state index contributed by atoms with van der Waals surface area (Å²) >= 11 is 12.2. The fraction of sp³-hybridized carbons (Fsp3) is 0.111. The number of benzene rings is 1. The van der Waals surface area contributed by atoms with Crippen LogP contribution in [-0.4, -0.2) is 34.4 Å². The van der Waals surface area contributed by atoms with Crippen LogP contribution in [0, 0.1) is 0 Å². The fourth-order valence-corrected chi connectivity index (χ4v) is 2.93. The molecule has 9 heteroatoms. The van der Waals surface area contributed by atoms with Crippen LogP contribution >= 0.6 is 23.2 Å². The molecule has 6 nitrogen and oxygen atoms in total. The van der Waals surface area contributed by atoms with Gasteiger partial charge in [-0.2, -0.15) is 5.10 Å². The van der Waals surface area contributed by atoms with Gasteiger partial charge in [0.05, 0.1) is 34.1 Å². The summed E-state index contributed by atoms with van der Waals surface area (Å²) in [5.74, 6) is -0.381. The lowest BCUT2D eigenvalue weighted by Gasteiger charge is -2.10. The first-order valence-corrected chi connectivity index (χ1v) is 8.82. The first kappa shape index (κ1) is 19.4. The lowest BCUT2D eigenvalue weighted by atomic mass is 9.77. The number of hydrogen-bond donors (Lipinski definition) is 2. The van der Waals surface area contributed by atoms with Crippen molar-refractivity contribution in [2.45, 2.75) is 6.92 Å². The number of carbonyl (C=O) groups excluding carboxylic acids is 1. The van der Waals surface area contributed by atoms with Crippen LogP contribution in [0.25, 0.3) is 5.69 Å². The first-order chi connectivity index (χ1) is 12.9. The molecule has 1 aliphatic heterocycles. The molecule has 3 rings (SSSR count). The largest absolute Gasteiger partial charge is 0.491 e. The quantitative estimate of drug-likeness (QED) is 0.767. The fourth-order valence-electron chi connectivity index (χ4n) is 2.53. The van der Waals surface area contributed by atoms with Crippen LogP contribution in [0.4, 0.5) is 0 Å². The van der Waals surface area contributed by atoms with Crippen LogP contribution in [0.15, 0.2) is 66.1 Å². The van der Waals surface area contributed by atoms with Crippen molar-refractivity contribution < 1.29 is 14.5 Å². The van der Waals surface area contributed by atoms with Gasteiger partial charge in [-0.3, -0.25) is 4.79 Å². The lowest BCUT2D eigenvalue weighted by molar-refractivity contribution is 0.0967. The highest BCUT2D eigenvalue weighted by Gasteiger charge is 2.29. The summed E-state index contributed by atoms with van der Waals surface area (Å²) in [5.41, 5.74) is 2.68. The van der Waals surface area contributed by atoms with E-state index in [9.17, 15) is 9.82 Å². The van der Waals surface area contributed by atoms with Crippen LogP contribution < -0.4 is 5.32 Å². The van der Waals surface area contributed by atoms with Crippen molar-refractivity contribution in [2.75, 3.05) is 6.61 Å². The van der Waals surface area contributed by atoms with E-state index in [4.69, 9.17) is 27.9 Å².